The number of nitrogens with zero attached hydrogens (tertiary/aromatic N) is 5. The lowest BCUT2D eigenvalue weighted by atomic mass is 10.2. The summed E-state index contributed by atoms with van der Waals surface area (Å²) in [7, 11) is 0. The predicted octanol–water partition coefficient (Wildman–Crippen LogP) is 4.86. The zero-order valence-corrected chi connectivity index (χ0v) is 16.3. The van der Waals surface area contributed by atoms with E-state index in [0.717, 1.165) is 34.4 Å². The Balaban J connectivity index is 1.51. The van der Waals surface area contributed by atoms with E-state index in [1.807, 2.05) is 29.7 Å². The molecule has 0 fully saturated rings. The van der Waals surface area contributed by atoms with E-state index in [2.05, 4.69) is 27.3 Å². The minimum absolute atomic E-state index is 0.496. The molecule has 7 nitrogen and oxygen atoms in total. The Labute approximate surface area is 164 Å². The number of furan rings is 1. The van der Waals surface area contributed by atoms with Crippen LogP contribution in [0.1, 0.15) is 18.6 Å². The van der Waals surface area contributed by atoms with E-state index in [1.165, 1.54) is 11.8 Å². The van der Waals surface area contributed by atoms with Gasteiger partial charge in [-0.15, -0.1) is 10.2 Å². The van der Waals surface area contributed by atoms with Crippen LogP contribution < -0.4 is 0 Å². The first kappa shape index (κ1) is 17.8. The fourth-order valence-corrected chi connectivity index (χ4v) is 3.71. The largest absolute Gasteiger partial charge is 0.469 e. The number of aryl methyl sites for hydroxylation is 1. The molecule has 0 unspecified atom stereocenters. The topological polar surface area (TPSA) is 82.8 Å². The fraction of sp³-hybridized carbons (Fsp3) is 0.222. The lowest BCUT2D eigenvalue weighted by Gasteiger charge is -2.05. The van der Waals surface area contributed by atoms with Crippen molar-refractivity contribution in [1.82, 2.24) is 24.9 Å². The maximum Gasteiger partial charge on any atom is 0.237 e. The summed E-state index contributed by atoms with van der Waals surface area (Å²) >= 11 is 7.51. The Morgan fingerprint density at radius 2 is 2.11 bits per heavy atom. The molecule has 138 valence electrons. The Kier molecular flexibility index (Phi) is 5.00. The molecule has 0 aliphatic carbocycles. The molecule has 0 bridgehead atoms. The maximum absolute atomic E-state index is 6.02. The van der Waals surface area contributed by atoms with Crippen LogP contribution in [-0.2, 0) is 12.3 Å². The summed E-state index contributed by atoms with van der Waals surface area (Å²) in [4.78, 5) is 4.43. The molecule has 0 aliphatic rings. The normalized spacial score (nSPS) is 11.2. The van der Waals surface area contributed by atoms with Crippen LogP contribution >= 0.6 is 23.4 Å². The number of benzene rings is 1. The monoisotopic (exact) mass is 401 g/mol. The highest BCUT2D eigenvalue weighted by Crippen LogP contribution is 2.29. The minimum atomic E-state index is 0.496. The van der Waals surface area contributed by atoms with Gasteiger partial charge in [0.25, 0.3) is 0 Å². The summed E-state index contributed by atoms with van der Waals surface area (Å²) < 4.78 is 12.8. The van der Waals surface area contributed by atoms with Crippen molar-refractivity contribution in [3.63, 3.8) is 0 Å². The first-order valence-electron chi connectivity index (χ1n) is 8.34. The molecule has 4 rings (SSSR count). The van der Waals surface area contributed by atoms with Gasteiger partial charge in [0.15, 0.2) is 11.0 Å². The molecule has 0 saturated heterocycles. The van der Waals surface area contributed by atoms with E-state index >= 15 is 0 Å². The lowest BCUT2D eigenvalue weighted by Crippen LogP contribution is -2.00. The highest BCUT2D eigenvalue weighted by atomic mass is 35.5. The van der Waals surface area contributed by atoms with Crippen molar-refractivity contribution in [1.29, 1.82) is 0 Å². The van der Waals surface area contributed by atoms with Gasteiger partial charge >= 0.3 is 0 Å². The molecule has 0 atom stereocenters. The lowest BCUT2D eigenvalue weighted by molar-refractivity contribution is 0.391. The standard InChI is InChI=1S/C18H16ClN5O2S/c1-3-24-17(14-7-8-25-11(14)2)21-22-18(24)27-10-15-20-16(23-26-15)12-5-4-6-13(19)9-12/h4-9H,3,10H2,1-2H3. The molecular formula is C18H16ClN5O2S. The maximum atomic E-state index is 6.02. The summed E-state index contributed by atoms with van der Waals surface area (Å²) in [6.45, 7) is 4.70. The van der Waals surface area contributed by atoms with Gasteiger partial charge in [-0.1, -0.05) is 40.7 Å². The molecular weight excluding hydrogens is 386 g/mol. The van der Waals surface area contributed by atoms with Crippen molar-refractivity contribution in [3.8, 4) is 22.8 Å². The molecule has 3 heterocycles. The summed E-state index contributed by atoms with van der Waals surface area (Å²) in [6, 6.07) is 9.25. The number of halogens is 1. The molecule has 0 aliphatic heterocycles. The predicted molar refractivity (Wildman–Crippen MR) is 102 cm³/mol. The Morgan fingerprint density at radius 1 is 1.22 bits per heavy atom. The van der Waals surface area contributed by atoms with E-state index in [1.54, 1.807) is 18.4 Å². The van der Waals surface area contributed by atoms with Crippen LogP contribution in [0.4, 0.5) is 0 Å². The fourth-order valence-electron chi connectivity index (χ4n) is 2.68. The third-order valence-corrected chi connectivity index (χ3v) is 5.20. The highest BCUT2D eigenvalue weighted by Gasteiger charge is 2.17. The molecule has 0 spiro atoms. The average molecular weight is 402 g/mol. The van der Waals surface area contributed by atoms with Crippen molar-refractivity contribution in [2.75, 3.05) is 0 Å². The molecule has 27 heavy (non-hydrogen) atoms. The van der Waals surface area contributed by atoms with Crippen molar-refractivity contribution >= 4 is 23.4 Å². The SMILES string of the molecule is CCn1c(SCc2nc(-c3cccc(Cl)c3)no2)nnc1-c1ccoc1C. The van der Waals surface area contributed by atoms with Crippen LogP contribution in [0, 0.1) is 6.92 Å². The zero-order chi connectivity index (χ0) is 18.8. The molecule has 4 aromatic rings. The highest BCUT2D eigenvalue weighted by molar-refractivity contribution is 7.98. The Hall–Kier alpha value is -2.58. The van der Waals surface area contributed by atoms with Gasteiger partial charge in [0, 0.05) is 17.1 Å². The Morgan fingerprint density at radius 3 is 2.85 bits per heavy atom. The summed E-state index contributed by atoms with van der Waals surface area (Å²) in [6.07, 6.45) is 1.65. The van der Waals surface area contributed by atoms with Crippen LogP contribution in [0.25, 0.3) is 22.8 Å². The van der Waals surface area contributed by atoms with Crippen molar-refractivity contribution in [2.45, 2.75) is 31.3 Å². The summed E-state index contributed by atoms with van der Waals surface area (Å²) in [5.41, 5.74) is 1.76. The molecule has 1 aromatic carbocycles. The van der Waals surface area contributed by atoms with E-state index < -0.39 is 0 Å². The van der Waals surface area contributed by atoms with E-state index in [-0.39, 0.29) is 0 Å². The molecule has 0 amide bonds. The quantitative estimate of drug-likeness (QED) is 0.426. The van der Waals surface area contributed by atoms with Crippen LogP contribution in [0.3, 0.4) is 0 Å². The van der Waals surface area contributed by atoms with Gasteiger partial charge in [-0.2, -0.15) is 4.98 Å². The second-order valence-electron chi connectivity index (χ2n) is 5.75. The second-order valence-corrected chi connectivity index (χ2v) is 7.13. The number of hydrogen-bond donors (Lipinski definition) is 0. The van der Waals surface area contributed by atoms with Gasteiger partial charge in [-0.3, -0.25) is 0 Å². The third-order valence-electron chi connectivity index (χ3n) is 4.01. The first-order valence-corrected chi connectivity index (χ1v) is 9.71. The Bertz CT molecular complexity index is 1070. The minimum Gasteiger partial charge on any atom is -0.469 e. The van der Waals surface area contributed by atoms with Crippen LogP contribution in [0.15, 0.2) is 50.7 Å². The zero-order valence-electron chi connectivity index (χ0n) is 14.7. The van der Waals surface area contributed by atoms with Crippen molar-refractivity contribution in [2.24, 2.45) is 0 Å². The van der Waals surface area contributed by atoms with Gasteiger partial charge in [0.2, 0.25) is 11.7 Å². The van der Waals surface area contributed by atoms with Crippen molar-refractivity contribution < 1.29 is 8.94 Å². The first-order chi connectivity index (χ1) is 13.2. The number of aromatic nitrogens is 5. The van der Waals surface area contributed by atoms with Crippen LogP contribution in [-0.4, -0.2) is 24.9 Å². The van der Waals surface area contributed by atoms with Gasteiger partial charge in [-0.05, 0) is 32.0 Å². The van der Waals surface area contributed by atoms with Crippen LogP contribution in [0.5, 0.6) is 0 Å². The smallest absolute Gasteiger partial charge is 0.237 e. The summed E-state index contributed by atoms with van der Waals surface area (Å²) in [5.74, 6) is 3.13. The van der Waals surface area contributed by atoms with Gasteiger partial charge in [0.05, 0.1) is 17.6 Å². The van der Waals surface area contributed by atoms with Gasteiger partial charge in [0.1, 0.15) is 5.76 Å². The number of hydrogen-bond acceptors (Lipinski definition) is 7. The van der Waals surface area contributed by atoms with Crippen molar-refractivity contribution in [3.05, 3.63) is 53.3 Å². The second kappa shape index (κ2) is 7.58. The average Bonchev–Trinajstić information content (AvgIpc) is 3.38. The van der Waals surface area contributed by atoms with Gasteiger partial charge < -0.3 is 13.5 Å². The van der Waals surface area contributed by atoms with Gasteiger partial charge in [-0.25, -0.2) is 0 Å². The summed E-state index contributed by atoms with van der Waals surface area (Å²) in [5, 5.41) is 14.1. The molecule has 0 radical (unpaired) electrons. The van der Waals surface area contributed by atoms with E-state index in [9.17, 15) is 0 Å². The molecule has 0 N–H and O–H groups in total. The number of rotatable bonds is 6. The molecule has 3 aromatic heterocycles. The number of thioether (sulfide) groups is 1. The molecule has 9 heteroatoms. The van der Waals surface area contributed by atoms with E-state index in [4.69, 9.17) is 20.5 Å². The van der Waals surface area contributed by atoms with Crippen LogP contribution in [0.2, 0.25) is 5.02 Å². The van der Waals surface area contributed by atoms with E-state index in [0.29, 0.717) is 22.5 Å². The third kappa shape index (κ3) is 3.63. The molecule has 0 saturated carbocycles.